The summed E-state index contributed by atoms with van der Waals surface area (Å²) in [5.74, 6) is -0.563. The van der Waals surface area contributed by atoms with Gasteiger partial charge in [-0.15, -0.1) is 0 Å². The fourth-order valence-corrected chi connectivity index (χ4v) is 1.79. The fraction of sp³-hybridized carbons (Fsp3) is 0.143. The molecule has 2 heterocycles. The summed E-state index contributed by atoms with van der Waals surface area (Å²) in [6.07, 6.45) is 2.42. The first-order chi connectivity index (χ1) is 6.72. The zero-order valence-corrected chi connectivity index (χ0v) is 7.95. The maximum Gasteiger partial charge on any atom is 0.332 e. The molecule has 0 aliphatic carbocycles. The highest BCUT2D eigenvalue weighted by atomic mass is 32.1. The number of hydrogen-bond acceptors (Lipinski definition) is 6. The van der Waals surface area contributed by atoms with Crippen LogP contribution in [-0.2, 0) is 9.53 Å². The zero-order chi connectivity index (χ0) is 10.1. The molecule has 2 aromatic rings. The number of ether oxygens (including phenoxy) is 1. The minimum Gasteiger partial charge on any atom is -0.466 e. The molecule has 2 rings (SSSR count). The summed E-state index contributed by atoms with van der Waals surface area (Å²) in [7, 11) is 1.25. The van der Waals surface area contributed by atoms with Gasteiger partial charge in [-0.2, -0.15) is 9.61 Å². The second-order valence-corrected chi connectivity index (χ2v) is 3.40. The molecule has 0 radical (unpaired) electrons. The van der Waals surface area contributed by atoms with Crippen LogP contribution in [0.15, 0.2) is 11.1 Å². The van der Waals surface area contributed by atoms with Gasteiger partial charge in [0.05, 0.1) is 7.11 Å². The first-order valence-electron chi connectivity index (χ1n) is 3.64. The minimum absolute atomic E-state index is 0.271. The molecule has 0 atom stereocenters. The summed E-state index contributed by atoms with van der Waals surface area (Å²) in [6, 6.07) is 0. The number of thiazole rings is 1. The van der Waals surface area contributed by atoms with Crippen LogP contribution in [0.5, 0.6) is 0 Å². The molecule has 0 bridgehead atoms. The first kappa shape index (κ1) is 8.82. The number of esters is 1. The van der Waals surface area contributed by atoms with E-state index in [0.717, 1.165) is 21.9 Å². The number of carbonyl (C=O) groups is 1. The van der Waals surface area contributed by atoms with Gasteiger partial charge in [0, 0.05) is 6.08 Å². The number of hydrogen-bond donors (Lipinski definition) is 0. The van der Waals surface area contributed by atoms with Crippen LogP contribution in [0.25, 0.3) is 11.0 Å². The largest absolute Gasteiger partial charge is 0.466 e. The molecule has 0 N–H and O–H groups in total. The highest BCUT2D eigenvalue weighted by Crippen LogP contribution is 1.95. The van der Waals surface area contributed by atoms with Crippen molar-refractivity contribution in [2.75, 3.05) is 7.11 Å². The maximum atomic E-state index is 11.5. The van der Waals surface area contributed by atoms with Crippen molar-refractivity contribution in [2.45, 2.75) is 0 Å². The van der Waals surface area contributed by atoms with E-state index in [9.17, 15) is 9.59 Å². The number of fused-ring (bicyclic) bond motifs is 1. The molecule has 72 valence electrons. The first-order valence-corrected chi connectivity index (χ1v) is 4.46. The van der Waals surface area contributed by atoms with Gasteiger partial charge in [0.15, 0.2) is 0 Å². The van der Waals surface area contributed by atoms with Crippen LogP contribution in [0.4, 0.5) is 0 Å². The summed E-state index contributed by atoms with van der Waals surface area (Å²) in [4.78, 5) is 26.6. The van der Waals surface area contributed by atoms with Gasteiger partial charge in [-0.3, -0.25) is 4.79 Å². The Hall–Kier alpha value is -1.76. The van der Waals surface area contributed by atoms with Gasteiger partial charge >= 0.3 is 5.97 Å². The summed E-state index contributed by atoms with van der Waals surface area (Å²) >= 11 is 1.09. The Bertz CT molecular complexity index is 585. The molecule has 0 fully saturated rings. The lowest BCUT2D eigenvalue weighted by Gasteiger charge is -1.85. The van der Waals surface area contributed by atoms with Crippen LogP contribution in [-0.4, -0.2) is 27.7 Å². The fourth-order valence-electron chi connectivity index (χ4n) is 0.943. The molecule has 0 saturated carbocycles. The van der Waals surface area contributed by atoms with Gasteiger partial charge < -0.3 is 4.74 Å². The van der Waals surface area contributed by atoms with Crippen LogP contribution in [0.3, 0.4) is 0 Å². The van der Waals surface area contributed by atoms with Crippen LogP contribution in [0.1, 0.15) is 0 Å². The molecule has 14 heavy (non-hydrogen) atoms. The van der Waals surface area contributed by atoms with Crippen LogP contribution < -0.4 is 10.1 Å². The van der Waals surface area contributed by atoms with E-state index >= 15 is 0 Å². The number of rotatable bonds is 1. The molecule has 0 amide bonds. The number of aromatic nitrogens is 3. The Labute approximate surface area is 81.4 Å². The minimum atomic E-state index is -0.563. The molecule has 0 aromatic carbocycles. The average Bonchev–Trinajstić information content (AvgIpc) is 2.72. The Morgan fingerprint density at radius 2 is 2.50 bits per heavy atom. The molecule has 0 aliphatic heterocycles. The second-order valence-electron chi connectivity index (χ2n) is 2.39. The van der Waals surface area contributed by atoms with Crippen molar-refractivity contribution < 1.29 is 9.53 Å². The highest BCUT2D eigenvalue weighted by molar-refractivity contribution is 7.15. The van der Waals surface area contributed by atoms with Crippen molar-refractivity contribution in [3.8, 4) is 0 Å². The third-order valence-corrected chi connectivity index (χ3v) is 2.54. The molecule has 0 aliphatic rings. The van der Waals surface area contributed by atoms with Crippen molar-refractivity contribution in [1.82, 2.24) is 14.6 Å². The number of carbonyl (C=O) groups excluding carboxylic acids is 1. The Morgan fingerprint density at radius 3 is 3.14 bits per heavy atom. The standard InChI is InChI=1S/C7H5N3O3S/c1-13-5(11)2-4-6(12)10-7(14-4)8-3-9-10/h2-3H,1H3/b4-2+. The van der Waals surface area contributed by atoms with Gasteiger partial charge in [0.25, 0.3) is 5.56 Å². The predicted molar refractivity (Wildman–Crippen MR) is 48.8 cm³/mol. The maximum absolute atomic E-state index is 11.5. The average molecular weight is 211 g/mol. The van der Waals surface area contributed by atoms with Crippen molar-refractivity contribution in [3.05, 3.63) is 21.2 Å². The smallest absolute Gasteiger partial charge is 0.332 e. The summed E-state index contributed by atoms with van der Waals surface area (Å²) < 4.78 is 5.81. The lowest BCUT2D eigenvalue weighted by Crippen LogP contribution is -2.24. The quantitative estimate of drug-likeness (QED) is 0.555. The van der Waals surface area contributed by atoms with E-state index < -0.39 is 5.97 Å². The molecule has 7 heteroatoms. The molecule has 2 aromatic heterocycles. The van der Waals surface area contributed by atoms with Crippen LogP contribution in [0, 0.1) is 0 Å². The van der Waals surface area contributed by atoms with E-state index in [1.165, 1.54) is 13.4 Å². The van der Waals surface area contributed by atoms with Crippen molar-refractivity contribution in [1.29, 1.82) is 0 Å². The zero-order valence-electron chi connectivity index (χ0n) is 7.13. The summed E-state index contributed by atoms with van der Waals surface area (Å²) in [6.45, 7) is 0. The van der Waals surface area contributed by atoms with Gasteiger partial charge in [-0.1, -0.05) is 11.3 Å². The van der Waals surface area contributed by atoms with Crippen molar-refractivity contribution in [3.63, 3.8) is 0 Å². The monoisotopic (exact) mass is 211 g/mol. The Kier molecular flexibility index (Phi) is 2.01. The van der Waals surface area contributed by atoms with Crippen molar-refractivity contribution >= 4 is 28.3 Å². The van der Waals surface area contributed by atoms with Gasteiger partial charge in [-0.25, -0.2) is 9.78 Å². The summed E-state index contributed by atoms with van der Waals surface area (Å²) in [5.41, 5.74) is -0.354. The topological polar surface area (TPSA) is 73.6 Å². The van der Waals surface area contributed by atoms with E-state index in [-0.39, 0.29) is 10.1 Å². The van der Waals surface area contributed by atoms with E-state index in [0.29, 0.717) is 4.96 Å². The lowest BCUT2D eigenvalue weighted by molar-refractivity contribution is -0.133. The molecule has 6 nitrogen and oxygen atoms in total. The Morgan fingerprint density at radius 1 is 1.71 bits per heavy atom. The van der Waals surface area contributed by atoms with E-state index in [4.69, 9.17) is 0 Å². The van der Waals surface area contributed by atoms with Gasteiger partial charge in [0.2, 0.25) is 4.96 Å². The van der Waals surface area contributed by atoms with E-state index in [2.05, 4.69) is 14.8 Å². The summed E-state index contributed by atoms with van der Waals surface area (Å²) in [5, 5.41) is 3.70. The highest BCUT2D eigenvalue weighted by Gasteiger charge is 2.06. The molecule has 0 saturated heterocycles. The van der Waals surface area contributed by atoms with E-state index in [1.54, 1.807) is 0 Å². The normalized spacial score (nSPS) is 12.2. The molecular formula is C7H5N3O3S. The van der Waals surface area contributed by atoms with E-state index in [1.807, 2.05) is 0 Å². The molecular weight excluding hydrogens is 206 g/mol. The lowest BCUT2D eigenvalue weighted by atomic mass is 10.6. The van der Waals surface area contributed by atoms with Crippen LogP contribution in [0.2, 0.25) is 0 Å². The number of nitrogens with zero attached hydrogens (tertiary/aromatic N) is 3. The number of methoxy groups -OCH3 is 1. The molecule has 0 spiro atoms. The predicted octanol–water partition coefficient (Wildman–Crippen LogP) is -1.18. The third-order valence-electron chi connectivity index (χ3n) is 1.57. The van der Waals surface area contributed by atoms with Crippen molar-refractivity contribution in [2.24, 2.45) is 0 Å². The molecule has 0 unspecified atom stereocenters. The van der Waals surface area contributed by atoms with Gasteiger partial charge in [0.1, 0.15) is 10.9 Å². The Balaban J connectivity index is 2.70. The van der Waals surface area contributed by atoms with Gasteiger partial charge in [-0.05, 0) is 0 Å². The SMILES string of the molecule is COC(=O)/C=c1/sc2ncnn2c1=O. The third kappa shape index (κ3) is 1.27. The van der Waals surface area contributed by atoms with Crippen LogP contribution >= 0.6 is 11.3 Å². The second kappa shape index (κ2) is 3.18.